The summed E-state index contributed by atoms with van der Waals surface area (Å²) in [7, 11) is 0. The molecule has 1 aromatic heterocycles. The molecule has 0 spiro atoms. The molecule has 3 rings (SSSR count). The first kappa shape index (κ1) is 19.3. The van der Waals surface area contributed by atoms with E-state index in [0.717, 1.165) is 30.0 Å². The number of nitrogens with one attached hydrogen (secondary N) is 2. The number of thioether (sulfide) groups is 1. The molecule has 2 aromatic rings. The van der Waals surface area contributed by atoms with Gasteiger partial charge in [0.2, 0.25) is 0 Å². The van der Waals surface area contributed by atoms with Crippen LogP contribution in [0.1, 0.15) is 25.5 Å². The highest BCUT2D eigenvalue weighted by Gasteiger charge is 2.15. The van der Waals surface area contributed by atoms with Gasteiger partial charge in [-0.3, -0.25) is 4.98 Å². The Labute approximate surface area is 165 Å². The van der Waals surface area contributed by atoms with Gasteiger partial charge in [0.15, 0.2) is 5.96 Å². The summed E-state index contributed by atoms with van der Waals surface area (Å²) < 4.78 is 0. The lowest BCUT2D eigenvalue weighted by Gasteiger charge is -2.14. The van der Waals surface area contributed by atoms with E-state index in [1.807, 2.05) is 12.3 Å². The van der Waals surface area contributed by atoms with Crippen LogP contribution in [0.2, 0.25) is 0 Å². The molecule has 6 heteroatoms. The van der Waals surface area contributed by atoms with E-state index in [2.05, 4.69) is 58.6 Å². The number of hydrogen-bond donors (Lipinski definition) is 2. The number of benzene rings is 1. The van der Waals surface area contributed by atoms with Crippen molar-refractivity contribution in [3.05, 3.63) is 42.2 Å². The highest BCUT2D eigenvalue weighted by molar-refractivity contribution is 14.0. The first-order valence-electron chi connectivity index (χ1n) is 8.33. The third-order valence-electron chi connectivity index (χ3n) is 4.01. The summed E-state index contributed by atoms with van der Waals surface area (Å²) in [4.78, 5) is 9.23. The van der Waals surface area contributed by atoms with Crippen molar-refractivity contribution in [3.8, 4) is 0 Å². The van der Waals surface area contributed by atoms with E-state index in [0.29, 0.717) is 6.54 Å². The van der Waals surface area contributed by atoms with Crippen molar-refractivity contribution in [3.63, 3.8) is 0 Å². The zero-order chi connectivity index (χ0) is 15.9. The van der Waals surface area contributed by atoms with E-state index in [1.54, 1.807) is 0 Å². The van der Waals surface area contributed by atoms with Crippen molar-refractivity contribution in [1.82, 2.24) is 15.6 Å². The average molecular weight is 456 g/mol. The van der Waals surface area contributed by atoms with Crippen LogP contribution in [0.3, 0.4) is 0 Å². The molecular formula is C18H25IN4S. The minimum absolute atomic E-state index is 0. The van der Waals surface area contributed by atoms with Crippen molar-refractivity contribution in [2.45, 2.75) is 31.6 Å². The molecule has 0 aliphatic carbocycles. The zero-order valence-electron chi connectivity index (χ0n) is 14.0. The molecule has 1 aliphatic heterocycles. The van der Waals surface area contributed by atoms with Crippen molar-refractivity contribution in [1.29, 1.82) is 0 Å². The van der Waals surface area contributed by atoms with Gasteiger partial charge in [0.1, 0.15) is 0 Å². The van der Waals surface area contributed by atoms with Gasteiger partial charge in [-0.1, -0.05) is 24.3 Å². The van der Waals surface area contributed by atoms with Crippen LogP contribution in [0.25, 0.3) is 10.8 Å². The van der Waals surface area contributed by atoms with Crippen molar-refractivity contribution < 1.29 is 0 Å². The van der Waals surface area contributed by atoms with E-state index in [9.17, 15) is 0 Å². The normalized spacial score (nSPS) is 17.5. The summed E-state index contributed by atoms with van der Waals surface area (Å²) in [5.41, 5.74) is 1.02. The summed E-state index contributed by atoms with van der Waals surface area (Å²) >= 11 is 2.06. The molecule has 1 unspecified atom stereocenters. The second-order valence-corrected chi connectivity index (χ2v) is 7.10. The van der Waals surface area contributed by atoms with E-state index in [4.69, 9.17) is 4.99 Å². The minimum Gasteiger partial charge on any atom is -0.357 e. The van der Waals surface area contributed by atoms with Gasteiger partial charge < -0.3 is 10.6 Å². The first-order chi connectivity index (χ1) is 11.4. The summed E-state index contributed by atoms with van der Waals surface area (Å²) in [5, 5.41) is 9.91. The number of pyridine rings is 1. The summed E-state index contributed by atoms with van der Waals surface area (Å²) in [6.45, 7) is 4.54. The first-order valence-corrected chi connectivity index (χ1v) is 9.38. The zero-order valence-corrected chi connectivity index (χ0v) is 17.1. The molecule has 0 radical (unpaired) electrons. The highest BCUT2D eigenvalue weighted by Crippen LogP contribution is 2.25. The molecule has 0 amide bonds. The topological polar surface area (TPSA) is 49.3 Å². The number of halogens is 1. The Morgan fingerprint density at radius 1 is 1.29 bits per heavy atom. The number of aromatic nitrogens is 1. The van der Waals surface area contributed by atoms with E-state index < -0.39 is 0 Å². The molecule has 1 saturated heterocycles. The second kappa shape index (κ2) is 10.1. The molecule has 1 atom stereocenters. The Hall–Kier alpha value is -1.02. The van der Waals surface area contributed by atoms with Gasteiger partial charge in [-0.05, 0) is 37.0 Å². The summed E-state index contributed by atoms with van der Waals surface area (Å²) in [6.07, 6.45) is 4.51. The average Bonchev–Trinajstić information content (AvgIpc) is 3.11. The summed E-state index contributed by atoms with van der Waals surface area (Å²) in [6, 6.07) is 10.4. The number of guanidine groups is 1. The Morgan fingerprint density at radius 2 is 2.17 bits per heavy atom. The SMILES string of the molecule is CCNC(=NCc1nccc2ccccc12)NCC1CCCS1.I. The van der Waals surface area contributed by atoms with Gasteiger partial charge in [-0.15, -0.1) is 24.0 Å². The quantitative estimate of drug-likeness (QED) is 0.408. The second-order valence-electron chi connectivity index (χ2n) is 5.69. The van der Waals surface area contributed by atoms with Gasteiger partial charge in [-0.25, -0.2) is 4.99 Å². The molecule has 0 saturated carbocycles. The summed E-state index contributed by atoms with van der Waals surface area (Å²) in [5.74, 6) is 2.18. The van der Waals surface area contributed by atoms with Gasteiger partial charge in [0, 0.05) is 29.9 Å². The van der Waals surface area contributed by atoms with Crippen LogP contribution < -0.4 is 10.6 Å². The van der Waals surface area contributed by atoms with Crippen LogP contribution >= 0.6 is 35.7 Å². The standard InChI is InChI=1S/C18H24N4S.HI/c1-2-19-18(21-12-15-7-5-11-23-15)22-13-17-16-8-4-3-6-14(16)9-10-20-17;/h3-4,6,8-10,15H,2,5,7,11-13H2,1H3,(H2,19,21,22);1H. The predicted molar refractivity (Wildman–Crippen MR) is 115 cm³/mol. The molecular weight excluding hydrogens is 431 g/mol. The number of nitrogens with zero attached hydrogens (tertiary/aromatic N) is 2. The maximum Gasteiger partial charge on any atom is 0.191 e. The van der Waals surface area contributed by atoms with E-state index in [1.165, 1.54) is 29.4 Å². The molecule has 0 bridgehead atoms. The number of rotatable bonds is 5. The highest BCUT2D eigenvalue weighted by atomic mass is 127. The van der Waals surface area contributed by atoms with Crippen LogP contribution in [0, 0.1) is 0 Å². The minimum atomic E-state index is 0. The van der Waals surface area contributed by atoms with Crippen molar-refractivity contribution in [2.24, 2.45) is 4.99 Å². The lowest BCUT2D eigenvalue weighted by atomic mass is 10.1. The molecule has 1 aromatic carbocycles. The van der Waals surface area contributed by atoms with Crippen LogP contribution in [0.5, 0.6) is 0 Å². The Morgan fingerprint density at radius 3 is 2.96 bits per heavy atom. The van der Waals surface area contributed by atoms with Crippen LogP contribution in [0.4, 0.5) is 0 Å². The number of fused-ring (bicyclic) bond motifs is 1. The molecule has 1 fully saturated rings. The fourth-order valence-electron chi connectivity index (χ4n) is 2.82. The maximum atomic E-state index is 4.72. The molecule has 2 N–H and O–H groups in total. The molecule has 2 heterocycles. The fourth-order valence-corrected chi connectivity index (χ4v) is 4.02. The Balaban J connectivity index is 0.00000208. The van der Waals surface area contributed by atoms with Gasteiger partial charge in [0.05, 0.1) is 12.2 Å². The lowest BCUT2D eigenvalue weighted by Crippen LogP contribution is -2.40. The molecule has 1 aliphatic rings. The molecule has 130 valence electrons. The number of aliphatic imine (C=N–C) groups is 1. The van der Waals surface area contributed by atoms with Crippen LogP contribution in [0.15, 0.2) is 41.5 Å². The predicted octanol–water partition coefficient (Wildman–Crippen LogP) is 3.80. The van der Waals surface area contributed by atoms with Crippen molar-refractivity contribution >= 4 is 52.5 Å². The Bertz CT molecular complexity index is 666. The fraction of sp³-hybridized carbons (Fsp3) is 0.444. The number of hydrogen-bond acceptors (Lipinski definition) is 3. The monoisotopic (exact) mass is 456 g/mol. The van der Waals surface area contributed by atoms with Crippen LogP contribution in [-0.4, -0.2) is 35.0 Å². The van der Waals surface area contributed by atoms with E-state index in [-0.39, 0.29) is 24.0 Å². The van der Waals surface area contributed by atoms with Gasteiger partial charge in [0.25, 0.3) is 0 Å². The van der Waals surface area contributed by atoms with E-state index >= 15 is 0 Å². The third kappa shape index (κ3) is 5.24. The molecule has 24 heavy (non-hydrogen) atoms. The largest absolute Gasteiger partial charge is 0.357 e. The smallest absolute Gasteiger partial charge is 0.191 e. The van der Waals surface area contributed by atoms with Crippen LogP contribution in [-0.2, 0) is 6.54 Å². The Kier molecular flexibility index (Phi) is 8.11. The third-order valence-corrected chi connectivity index (χ3v) is 5.41. The maximum absolute atomic E-state index is 4.72. The van der Waals surface area contributed by atoms with Crippen molar-refractivity contribution in [2.75, 3.05) is 18.8 Å². The molecule has 4 nitrogen and oxygen atoms in total. The lowest BCUT2D eigenvalue weighted by molar-refractivity contribution is 0.726. The van der Waals surface area contributed by atoms with Gasteiger partial charge in [-0.2, -0.15) is 11.8 Å². The van der Waals surface area contributed by atoms with Gasteiger partial charge >= 0.3 is 0 Å².